The second kappa shape index (κ2) is 10.8. The van der Waals surface area contributed by atoms with Crippen molar-refractivity contribution in [3.8, 4) is 17.0 Å². The molecule has 2 aromatic carbocycles. The van der Waals surface area contributed by atoms with Gasteiger partial charge >= 0.3 is 5.97 Å². The van der Waals surface area contributed by atoms with Gasteiger partial charge < -0.3 is 9.47 Å². The number of methoxy groups -OCH3 is 1. The molecule has 1 N–H and O–H groups in total. The topological polar surface area (TPSA) is 94.6 Å². The van der Waals surface area contributed by atoms with Gasteiger partial charge in [0.1, 0.15) is 6.61 Å². The normalized spacial score (nSPS) is 19.7. The molecule has 0 radical (unpaired) electrons. The second-order valence-corrected chi connectivity index (χ2v) is 11.0. The molecule has 1 heterocycles. The molecule has 1 saturated carbocycles. The molecule has 9 heteroatoms. The van der Waals surface area contributed by atoms with E-state index in [1.807, 2.05) is 36.4 Å². The third-order valence-corrected chi connectivity index (χ3v) is 7.20. The zero-order valence-electron chi connectivity index (χ0n) is 20.2. The van der Waals surface area contributed by atoms with Crippen LogP contribution in [0.2, 0.25) is 0 Å². The predicted molar refractivity (Wildman–Crippen MR) is 134 cm³/mol. The maximum Gasteiger partial charge on any atom is 0.312 e. The summed E-state index contributed by atoms with van der Waals surface area (Å²) < 4.78 is 51.8. The Morgan fingerprint density at radius 1 is 1.14 bits per heavy atom. The molecule has 2 atom stereocenters. The minimum Gasteiger partial charge on any atom is -0.485 e. The number of esters is 1. The fourth-order valence-electron chi connectivity index (χ4n) is 4.87. The number of aromatic nitrogens is 1. The summed E-state index contributed by atoms with van der Waals surface area (Å²) in [6, 6.07) is 17.4. The monoisotopic (exact) mass is 512 g/mol. The molecule has 1 fully saturated rings. The summed E-state index contributed by atoms with van der Waals surface area (Å²) in [7, 11) is -2.07. The Kier molecular flexibility index (Phi) is 7.70. The standard InChI is InChI=1S/C27H29FN2O5S/c1-34-26(31)27(13-11-21(17-27)30-36(2,32)33)16-20-12-14-29-24(15-20)22-9-6-10-23(28)25(22)35-18-19-7-4-3-5-8-19/h3-10,12,14-15,21,30H,11,13,16-18H2,1-2H3/t21-,27+/m0/s1. The summed E-state index contributed by atoms with van der Waals surface area (Å²) in [6.45, 7) is 0.203. The van der Waals surface area contributed by atoms with Gasteiger partial charge in [-0.25, -0.2) is 17.5 Å². The van der Waals surface area contributed by atoms with Crippen LogP contribution < -0.4 is 9.46 Å². The Morgan fingerprint density at radius 2 is 1.92 bits per heavy atom. The number of nitrogens with zero attached hydrogens (tertiary/aromatic N) is 1. The highest BCUT2D eigenvalue weighted by atomic mass is 32.2. The number of halogens is 1. The highest BCUT2D eigenvalue weighted by Gasteiger charge is 2.47. The first-order valence-electron chi connectivity index (χ1n) is 11.7. The van der Waals surface area contributed by atoms with Crippen LogP contribution in [0.4, 0.5) is 4.39 Å². The molecule has 1 aliphatic carbocycles. The fraction of sp³-hybridized carbons (Fsp3) is 0.333. The van der Waals surface area contributed by atoms with E-state index in [1.165, 1.54) is 13.2 Å². The number of para-hydroxylation sites is 1. The molecule has 0 bridgehead atoms. The Balaban J connectivity index is 1.60. The van der Waals surface area contributed by atoms with Crippen LogP contribution in [0.25, 0.3) is 11.3 Å². The third kappa shape index (κ3) is 6.09. The van der Waals surface area contributed by atoms with Gasteiger partial charge in [-0.15, -0.1) is 0 Å². The second-order valence-electron chi connectivity index (χ2n) is 9.22. The molecule has 7 nitrogen and oxygen atoms in total. The molecule has 3 aromatic rings. The highest BCUT2D eigenvalue weighted by Crippen LogP contribution is 2.43. The van der Waals surface area contributed by atoms with Crippen LogP contribution in [-0.4, -0.2) is 38.8 Å². The Labute approximate surface area is 210 Å². The molecule has 1 aliphatic rings. The lowest BCUT2D eigenvalue weighted by atomic mass is 9.79. The predicted octanol–water partition coefficient (Wildman–Crippen LogP) is 4.27. The third-order valence-electron chi connectivity index (χ3n) is 6.44. The molecule has 0 unspecified atom stereocenters. The van der Waals surface area contributed by atoms with E-state index in [2.05, 4.69) is 9.71 Å². The summed E-state index contributed by atoms with van der Waals surface area (Å²) in [6.07, 6.45) is 4.40. The summed E-state index contributed by atoms with van der Waals surface area (Å²) in [4.78, 5) is 17.3. The van der Waals surface area contributed by atoms with Crippen molar-refractivity contribution in [2.45, 2.75) is 38.3 Å². The van der Waals surface area contributed by atoms with Gasteiger partial charge in [0.15, 0.2) is 11.6 Å². The van der Waals surface area contributed by atoms with E-state index < -0.39 is 21.3 Å². The minimum atomic E-state index is -3.40. The van der Waals surface area contributed by atoms with Gasteiger partial charge in [-0.3, -0.25) is 9.78 Å². The summed E-state index contributed by atoms with van der Waals surface area (Å²) in [5.74, 6) is -0.768. The van der Waals surface area contributed by atoms with E-state index >= 15 is 0 Å². The van der Waals surface area contributed by atoms with Crippen molar-refractivity contribution in [2.75, 3.05) is 13.4 Å². The van der Waals surface area contributed by atoms with E-state index in [4.69, 9.17) is 9.47 Å². The van der Waals surface area contributed by atoms with E-state index in [1.54, 1.807) is 24.4 Å². The van der Waals surface area contributed by atoms with Crippen LogP contribution in [0.1, 0.15) is 30.4 Å². The number of pyridine rings is 1. The van der Waals surface area contributed by atoms with Crippen molar-refractivity contribution in [2.24, 2.45) is 5.41 Å². The minimum absolute atomic E-state index is 0.104. The van der Waals surface area contributed by atoms with Gasteiger partial charge in [-0.05, 0) is 61.1 Å². The number of carbonyl (C=O) groups excluding carboxylic acids is 1. The summed E-state index contributed by atoms with van der Waals surface area (Å²) >= 11 is 0. The number of hydrogen-bond acceptors (Lipinski definition) is 6. The molecule has 0 spiro atoms. The molecule has 190 valence electrons. The lowest BCUT2D eigenvalue weighted by Gasteiger charge is -2.26. The quantitative estimate of drug-likeness (QED) is 0.431. The number of benzene rings is 2. The largest absolute Gasteiger partial charge is 0.485 e. The van der Waals surface area contributed by atoms with Crippen molar-refractivity contribution in [1.29, 1.82) is 0 Å². The maximum atomic E-state index is 14.8. The van der Waals surface area contributed by atoms with Gasteiger partial charge in [0.05, 0.1) is 24.5 Å². The fourth-order valence-corrected chi connectivity index (χ4v) is 5.68. The highest BCUT2D eigenvalue weighted by molar-refractivity contribution is 7.88. The smallest absolute Gasteiger partial charge is 0.312 e. The Hall–Kier alpha value is -3.30. The summed E-state index contributed by atoms with van der Waals surface area (Å²) in [5.41, 5.74) is 1.86. The lowest BCUT2D eigenvalue weighted by Crippen LogP contribution is -2.37. The van der Waals surface area contributed by atoms with E-state index in [-0.39, 0.29) is 24.4 Å². The number of hydrogen-bond donors (Lipinski definition) is 1. The number of nitrogens with one attached hydrogen (secondary N) is 1. The molecular formula is C27H29FN2O5S. The number of carbonyl (C=O) groups is 1. The van der Waals surface area contributed by atoms with E-state index in [0.717, 1.165) is 17.4 Å². The molecule has 4 rings (SSSR count). The molecular weight excluding hydrogens is 483 g/mol. The van der Waals surface area contributed by atoms with Crippen LogP contribution in [0, 0.1) is 11.2 Å². The average molecular weight is 513 g/mol. The van der Waals surface area contributed by atoms with Gasteiger partial charge in [-0.2, -0.15) is 0 Å². The first-order valence-corrected chi connectivity index (χ1v) is 13.5. The average Bonchev–Trinajstić information content (AvgIpc) is 3.25. The van der Waals surface area contributed by atoms with Gasteiger partial charge in [0, 0.05) is 17.8 Å². The van der Waals surface area contributed by atoms with Crippen molar-refractivity contribution < 1.29 is 27.1 Å². The van der Waals surface area contributed by atoms with Crippen molar-refractivity contribution >= 4 is 16.0 Å². The Bertz CT molecular complexity index is 1330. The maximum absolute atomic E-state index is 14.8. The zero-order valence-corrected chi connectivity index (χ0v) is 21.1. The number of sulfonamides is 1. The van der Waals surface area contributed by atoms with Crippen LogP contribution in [0.5, 0.6) is 5.75 Å². The number of rotatable bonds is 9. The van der Waals surface area contributed by atoms with Gasteiger partial charge in [0.2, 0.25) is 10.0 Å². The Morgan fingerprint density at radius 3 is 2.64 bits per heavy atom. The first kappa shape index (κ1) is 25.8. The van der Waals surface area contributed by atoms with Gasteiger partial charge in [-0.1, -0.05) is 36.4 Å². The first-order chi connectivity index (χ1) is 17.2. The summed E-state index contributed by atoms with van der Waals surface area (Å²) in [5, 5.41) is 0. The molecule has 1 aromatic heterocycles. The van der Waals surface area contributed by atoms with Crippen LogP contribution >= 0.6 is 0 Å². The molecule has 0 amide bonds. The lowest BCUT2D eigenvalue weighted by molar-refractivity contribution is -0.152. The van der Waals surface area contributed by atoms with Gasteiger partial charge in [0.25, 0.3) is 0 Å². The van der Waals surface area contributed by atoms with Crippen LogP contribution in [0.15, 0.2) is 66.9 Å². The van der Waals surface area contributed by atoms with E-state index in [9.17, 15) is 17.6 Å². The van der Waals surface area contributed by atoms with E-state index in [0.29, 0.717) is 36.9 Å². The molecule has 0 aliphatic heterocycles. The molecule has 36 heavy (non-hydrogen) atoms. The number of ether oxygens (including phenoxy) is 2. The zero-order chi connectivity index (χ0) is 25.8. The van der Waals surface area contributed by atoms with Crippen LogP contribution in [0.3, 0.4) is 0 Å². The van der Waals surface area contributed by atoms with Crippen molar-refractivity contribution in [1.82, 2.24) is 9.71 Å². The van der Waals surface area contributed by atoms with Crippen molar-refractivity contribution in [3.63, 3.8) is 0 Å². The molecule has 0 saturated heterocycles. The van der Waals surface area contributed by atoms with Crippen LogP contribution in [-0.2, 0) is 32.6 Å². The SMILES string of the molecule is COC(=O)[C@@]1(Cc2ccnc(-c3cccc(F)c3OCc3ccccc3)c2)CC[C@H](NS(C)(=O)=O)C1. The van der Waals surface area contributed by atoms with Crippen molar-refractivity contribution in [3.05, 3.63) is 83.8 Å².